The van der Waals surface area contributed by atoms with Crippen LogP contribution in [0, 0.1) is 23.7 Å². The zero-order valence-electron chi connectivity index (χ0n) is 25.1. The van der Waals surface area contributed by atoms with E-state index in [4.69, 9.17) is 0 Å². The van der Waals surface area contributed by atoms with E-state index in [1.165, 1.54) is 88.3 Å². The van der Waals surface area contributed by atoms with E-state index >= 15 is 0 Å². The summed E-state index contributed by atoms with van der Waals surface area (Å²) >= 11 is 0. The van der Waals surface area contributed by atoms with Crippen molar-refractivity contribution in [2.45, 2.75) is 43.9 Å². The maximum atomic E-state index is 2.58. The highest BCUT2D eigenvalue weighted by Crippen LogP contribution is 2.68. The fraction of sp³-hybridized carbons (Fsp3) is 0.256. The summed E-state index contributed by atoms with van der Waals surface area (Å²) in [5, 5.41) is 5.19. The summed E-state index contributed by atoms with van der Waals surface area (Å²) < 4.78 is 0. The molecule has 6 aromatic rings. The minimum atomic E-state index is 0.140. The third-order valence-corrected chi connectivity index (χ3v) is 12.1. The topological polar surface area (TPSA) is 3.24 Å². The molecular weight excluding hydrogens is 530 g/mol. The molecule has 4 fully saturated rings. The molecule has 0 N–H and O–H groups in total. The van der Waals surface area contributed by atoms with Gasteiger partial charge in [-0.1, -0.05) is 110 Å². The molecule has 5 atom stereocenters. The molecule has 5 aliphatic rings. The van der Waals surface area contributed by atoms with Crippen LogP contribution in [0.25, 0.3) is 32.7 Å². The van der Waals surface area contributed by atoms with Crippen LogP contribution in [0.1, 0.15) is 49.7 Å². The number of para-hydroxylation sites is 1. The Bertz CT molecular complexity index is 2060. The number of benzene rings is 6. The Hall–Kier alpha value is -4.36. The molecule has 0 aromatic heterocycles. The van der Waals surface area contributed by atoms with E-state index < -0.39 is 0 Å². The van der Waals surface area contributed by atoms with Gasteiger partial charge in [0.2, 0.25) is 0 Å². The van der Waals surface area contributed by atoms with Gasteiger partial charge in [-0.3, -0.25) is 0 Å². The van der Waals surface area contributed by atoms with Crippen LogP contribution in [-0.2, 0) is 5.41 Å². The summed E-state index contributed by atoms with van der Waals surface area (Å²) in [6, 6.07) is 48.2. The van der Waals surface area contributed by atoms with Gasteiger partial charge in [-0.05, 0) is 113 Å². The highest BCUT2D eigenvalue weighted by molar-refractivity contribution is 6.15. The second kappa shape index (κ2) is 9.32. The third-order valence-electron chi connectivity index (χ3n) is 12.1. The van der Waals surface area contributed by atoms with Crippen molar-refractivity contribution in [2.75, 3.05) is 4.90 Å². The number of rotatable bonds is 3. The van der Waals surface area contributed by atoms with Gasteiger partial charge in [0.05, 0.1) is 11.4 Å². The van der Waals surface area contributed by atoms with Crippen molar-refractivity contribution in [2.24, 2.45) is 23.7 Å². The lowest BCUT2D eigenvalue weighted by atomic mass is 9.51. The highest BCUT2D eigenvalue weighted by atomic mass is 15.1. The first-order chi connectivity index (χ1) is 21.8. The van der Waals surface area contributed by atoms with Crippen molar-refractivity contribution in [3.8, 4) is 11.1 Å². The molecule has 0 saturated heterocycles. The van der Waals surface area contributed by atoms with Crippen molar-refractivity contribution in [3.63, 3.8) is 0 Å². The van der Waals surface area contributed by atoms with Crippen LogP contribution in [0.2, 0.25) is 0 Å². The maximum Gasteiger partial charge on any atom is 0.0546 e. The van der Waals surface area contributed by atoms with Crippen LogP contribution in [0.4, 0.5) is 17.1 Å². The van der Waals surface area contributed by atoms with Crippen molar-refractivity contribution < 1.29 is 0 Å². The Balaban J connectivity index is 1.29. The third kappa shape index (κ3) is 3.31. The number of anilines is 3. The molecule has 0 amide bonds. The summed E-state index contributed by atoms with van der Waals surface area (Å²) in [5.41, 5.74) is 10.1. The number of hydrogen-bond acceptors (Lipinski definition) is 1. The minimum Gasteiger partial charge on any atom is -0.309 e. The van der Waals surface area contributed by atoms with Crippen LogP contribution >= 0.6 is 0 Å². The molecule has 44 heavy (non-hydrogen) atoms. The summed E-state index contributed by atoms with van der Waals surface area (Å²) in [4.78, 5) is 2.58. The van der Waals surface area contributed by atoms with E-state index in [9.17, 15) is 0 Å². The summed E-state index contributed by atoms with van der Waals surface area (Å²) in [6.45, 7) is 0. The molecule has 1 nitrogen and oxygen atoms in total. The molecule has 0 heterocycles. The van der Waals surface area contributed by atoms with Crippen LogP contribution in [0.15, 0.2) is 127 Å². The zero-order chi connectivity index (χ0) is 28.8. The molecule has 5 unspecified atom stereocenters. The Morgan fingerprint density at radius 2 is 1.20 bits per heavy atom. The number of hydrogen-bond donors (Lipinski definition) is 0. The first kappa shape index (κ1) is 25.0. The van der Waals surface area contributed by atoms with E-state index in [2.05, 4.69) is 132 Å². The zero-order valence-corrected chi connectivity index (χ0v) is 25.1. The second-order valence-corrected chi connectivity index (χ2v) is 14.1. The van der Waals surface area contributed by atoms with E-state index in [0.29, 0.717) is 0 Å². The molecule has 1 heteroatoms. The van der Waals surface area contributed by atoms with Gasteiger partial charge in [-0.15, -0.1) is 0 Å². The average molecular weight is 568 g/mol. The first-order valence-electron chi connectivity index (χ1n) is 16.8. The summed E-state index contributed by atoms with van der Waals surface area (Å²) in [5.74, 6) is 3.34. The maximum absolute atomic E-state index is 2.58. The molecule has 4 saturated carbocycles. The largest absolute Gasteiger partial charge is 0.309 e. The first-order valence-corrected chi connectivity index (χ1v) is 16.8. The van der Waals surface area contributed by atoms with E-state index in [-0.39, 0.29) is 5.41 Å². The molecular formula is C43H37N. The Labute approximate surface area is 260 Å². The molecule has 0 aliphatic heterocycles. The lowest BCUT2D eigenvalue weighted by molar-refractivity contribution is 0.0618. The molecule has 1 spiro atoms. The lowest BCUT2D eigenvalue weighted by Gasteiger charge is -2.53. The van der Waals surface area contributed by atoms with Gasteiger partial charge >= 0.3 is 0 Å². The van der Waals surface area contributed by atoms with E-state index in [0.717, 1.165) is 23.7 Å². The summed E-state index contributed by atoms with van der Waals surface area (Å²) in [7, 11) is 0. The second-order valence-electron chi connectivity index (χ2n) is 14.1. The van der Waals surface area contributed by atoms with Crippen molar-refractivity contribution in [1.29, 1.82) is 0 Å². The number of fused-ring (bicyclic) bond motifs is 7. The van der Waals surface area contributed by atoms with Crippen molar-refractivity contribution >= 4 is 38.6 Å². The quantitative estimate of drug-likeness (QED) is 0.192. The van der Waals surface area contributed by atoms with Crippen LogP contribution in [-0.4, -0.2) is 0 Å². The Morgan fingerprint density at radius 3 is 2.11 bits per heavy atom. The molecule has 0 radical (unpaired) electrons. The average Bonchev–Trinajstić information content (AvgIpc) is 3.22. The monoisotopic (exact) mass is 567 g/mol. The smallest absolute Gasteiger partial charge is 0.0546 e. The van der Waals surface area contributed by atoms with Gasteiger partial charge in [0.25, 0.3) is 0 Å². The lowest BCUT2D eigenvalue weighted by Crippen LogP contribution is -2.48. The van der Waals surface area contributed by atoms with Crippen molar-refractivity contribution in [1.82, 2.24) is 0 Å². The summed E-state index contributed by atoms with van der Waals surface area (Å²) in [6.07, 6.45) is 8.51. The van der Waals surface area contributed by atoms with Crippen LogP contribution in [0.5, 0.6) is 0 Å². The van der Waals surface area contributed by atoms with Gasteiger partial charge in [0.1, 0.15) is 0 Å². The molecule has 4 bridgehead atoms. The normalized spacial score (nSPS) is 26.2. The molecule has 214 valence electrons. The van der Waals surface area contributed by atoms with E-state index in [1.807, 2.05) is 0 Å². The highest BCUT2D eigenvalue weighted by Gasteiger charge is 2.60. The molecule has 11 rings (SSSR count). The van der Waals surface area contributed by atoms with Gasteiger partial charge < -0.3 is 4.90 Å². The minimum absolute atomic E-state index is 0.140. The van der Waals surface area contributed by atoms with Gasteiger partial charge in [0.15, 0.2) is 0 Å². The van der Waals surface area contributed by atoms with Gasteiger partial charge in [-0.2, -0.15) is 0 Å². The molecule has 5 aliphatic carbocycles. The van der Waals surface area contributed by atoms with Crippen LogP contribution < -0.4 is 4.90 Å². The van der Waals surface area contributed by atoms with E-state index in [1.54, 1.807) is 11.1 Å². The fourth-order valence-electron chi connectivity index (χ4n) is 10.7. The van der Waals surface area contributed by atoms with Gasteiger partial charge in [-0.25, -0.2) is 0 Å². The van der Waals surface area contributed by atoms with Crippen molar-refractivity contribution in [3.05, 3.63) is 139 Å². The van der Waals surface area contributed by atoms with Crippen LogP contribution in [0.3, 0.4) is 0 Å². The fourth-order valence-corrected chi connectivity index (χ4v) is 10.7. The Morgan fingerprint density at radius 1 is 0.500 bits per heavy atom. The molecule has 6 aromatic carbocycles. The SMILES string of the molecule is c1ccc(N(c2cccc3c2-c2ccccc2C32C3CCC4CC(C3)CC2C4)c2cc3ccccc3c3ccccc23)cc1. The predicted molar refractivity (Wildman–Crippen MR) is 184 cm³/mol. The Kier molecular flexibility index (Phi) is 5.30. The predicted octanol–water partition coefficient (Wildman–Crippen LogP) is 11.6. The standard InChI is InChI=1S/C43H37N/c1-2-12-33(13-3-1)44(41-27-30-11-4-5-14-34(30)35-15-6-7-16-36(35)41)40-20-10-19-39-42(40)37-17-8-9-18-38(37)43(39)31-22-21-28-23-29(25-31)26-32(43)24-28/h1-20,27-29,31-32H,21-26H2. The van der Waals surface area contributed by atoms with Gasteiger partial charge in [0, 0.05) is 22.1 Å². The number of nitrogens with zero attached hydrogens (tertiary/aromatic N) is 1.